The number of anilines is 1. The van der Waals surface area contributed by atoms with Crippen LogP contribution in [-0.2, 0) is 4.79 Å². The number of non-ortho nitro benzene ring substituents is 1. The number of carbonyl (C=O) groups excluding carboxylic acids is 2. The molecular formula is C18H18Cl2N4O5. The van der Waals surface area contributed by atoms with Crippen molar-refractivity contribution in [2.45, 2.75) is 12.8 Å². The number of hydrazine groups is 1. The number of nitro groups is 1. The zero-order chi connectivity index (χ0) is 21.4. The van der Waals surface area contributed by atoms with E-state index in [-0.39, 0.29) is 24.3 Å². The van der Waals surface area contributed by atoms with E-state index >= 15 is 0 Å². The minimum absolute atomic E-state index is 0.0303. The average Bonchev–Trinajstić information content (AvgIpc) is 2.70. The molecule has 0 heterocycles. The summed E-state index contributed by atoms with van der Waals surface area (Å²) in [5.74, 6) is -0.675. The Morgan fingerprint density at radius 1 is 1.14 bits per heavy atom. The maximum Gasteiger partial charge on any atom is 0.272 e. The maximum atomic E-state index is 12.2. The quantitative estimate of drug-likeness (QED) is 0.327. The molecule has 0 bridgehead atoms. The van der Waals surface area contributed by atoms with Crippen LogP contribution in [0.15, 0.2) is 36.4 Å². The van der Waals surface area contributed by atoms with Crippen molar-refractivity contribution in [2.75, 3.05) is 19.0 Å². The number of halogens is 2. The zero-order valence-corrected chi connectivity index (χ0v) is 16.8. The predicted molar refractivity (Wildman–Crippen MR) is 109 cm³/mol. The van der Waals surface area contributed by atoms with Gasteiger partial charge in [0.2, 0.25) is 5.91 Å². The summed E-state index contributed by atoms with van der Waals surface area (Å²) >= 11 is 11.8. The molecule has 0 unspecified atom stereocenters. The smallest absolute Gasteiger partial charge is 0.272 e. The lowest BCUT2D eigenvalue weighted by atomic mass is 10.1. The second-order valence-corrected chi connectivity index (χ2v) is 6.61. The number of nitrogens with one attached hydrogen (secondary N) is 3. The summed E-state index contributed by atoms with van der Waals surface area (Å²) in [7, 11) is 1.57. The van der Waals surface area contributed by atoms with E-state index in [2.05, 4.69) is 16.2 Å². The molecule has 0 radical (unpaired) electrons. The van der Waals surface area contributed by atoms with Crippen molar-refractivity contribution in [1.82, 2.24) is 10.9 Å². The van der Waals surface area contributed by atoms with E-state index in [1.165, 1.54) is 12.1 Å². The van der Waals surface area contributed by atoms with Gasteiger partial charge in [0.05, 0.1) is 22.1 Å². The standard InChI is InChI=1S/C18H18Cl2N4O5/c1-21-15-6-5-12(24(27)28)10-13(15)18(26)23-22-17(25)3-2-8-29-16-7-4-11(19)9-14(16)20/h4-7,9-10,21H,2-3,8H2,1H3,(H,22,25)(H,23,26). The van der Waals surface area contributed by atoms with E-state index in [9.17, 15) is 19.7 Å². The van der Waals surface area contributed by atoms with Crippen molar-refractivity contribution < 1.29 is 19.2 Å². The minimum atomic E-state index is -0.685. The third-order valence-electron chi connectivity index (χ3n) is 3.74. The van der Waals surface area contributed by atoms with Gasteiger partial charge in [0.25, 0.3) is 11.6 Å². The van der Waals surface area contributed by atoms with E-state index in [1.807, 2.05) is 0 Å². The summed E-state index contributed by atoms with van der Waals surface area (Å²) in [6.45, 7) is 0.234. The first-order valence-electron chi connectivity index (χ1n) is 8.45. The SMILES string of the molecule is CNc1ccc([N+](=O)[O-])cc1C(=O)NNC(=O)CCCOc1ccc(Cl)cc1Cl. The molecule has 0 aliphatic heterocycles. The summed E-state index contributed by atoms with van der Waals surface area (Å²) in [6, 6.07) is 8.62. The Kier molecular flexibility index (Phi) is 8.05. The molecule has 0 spiro atoms. The Morgan fingerprint density at radius 3 is 2.55 bits per heavy atom. The summed E-state index contributed by atoms with van der Waals surface area (Å²) < 4.78 is 5.47. The molecule has 2 rings (SSSR count). The third-order valence-corrected chi connectivity index (χ3v) is 4.27. The van der Waals surface area contributed by atoms with Crippen LogP contribution in [0.2, 0.25) is 10.0 Å². The Hall–Kier alpha value is -3.04. The van der Waals surface area contributed by atoms with Crippen LogP contribution >= 0.6 is 23.2 Å². The van der Waals surface area contributed by atoms with Gasteiger partial charge in [0.1, 0.15) is 5.75 Å². The molecule has 2 amide bonds. The van der Waals surface area contributed by atoms with Crippen LogP contribution in [0.3, 0.4) is 0 Å². The highest BCUT2D eigenvalue weighted by Crippen LogP contribution is 2.27. The fourth-order valence-electron chi connectivity index (χ4n) is 2.32. The highest BCUT2D eigenvalue weighted by Gasteiger charge is 2.16. The van der Waals surface area contributed by atoms with Crippen LogP contribution in [0.1, 0.15) is 23.2 Å². The van der Waals surface area contributed by atoms with Gasteiger partial charge >= 0.3 is 0 Å². The van der Waals surface area contributed by atoms with Crippen LogP contribution in [0.5, 0.6) is 5.75 Å². The van der Waals surface area contributed by atoms with Gasteiger partial charge in [-0.05, 0) is 30.7 Å². The second-order valence-electron chi connectivity index (χ2n) is 5.77. The van der Waals surface area contributed by atoms with Crippen molar-refractivity contribution >= 4 is 46.4 Å². The van der Waals surface area contributed by atoms with Crippen molar-refractivity contribution in [1.29, 1.82) is 0 Å². The van der Waals surface area contributed by atoms with Crippen LogP contribution < -0.4 is 20.9 Å². The highest BCUT2D eigenvalue weighted by atomic mass is 35.5. The molecule has 2 aromatic carbocycles. The number of carbonyl (C=O) groups is 2. The first-order valence-corrected chi connectivity index (χ1v) is 9.20. The van der Waals surface area contributed by atoms with E-state index in [0.29, 0.717) is 27.9 Å². The van der Waals surface area contributed by atoms with E-state index in [4.69, 9.17) is 27.9 Å². The molecule has 9 nitrogen and oxygen atoms in total. The monoisotopic (exact) mass is 440 g/mol. The molecule has 0 aliphatic carbocycles. The molecule has 11 heteroatoms. The number of ether oxygens (including phenoxy) is 1. The number of benzene rings is 2. The lowest BCUT2D eigenvalue weighted by Gasteiger charge is -2.11. The maximum absolute atomic E-state index is 12.2. The van der Waals surface area contributed by atoms with Crippen LogP contribution in [0.25, 0.3) is 0 Å². The van der Waals surface area contributed by atoms with Gasteiger partial charge in [-0.3, -0.25) is 30.6 Å². The molecule has 0 saturated heterocycles. The van der Waals surface area contributed by atoms with Gasteiger partial charge in [-0.15, -0.1) is 0 Å². The Labute approximate surface area is 176 Å². The summed E-state index contributed by atoms with van der Waals surface area (Å²) in [4.78, 5) is 34.4. The summed E-state index contributed by atoms with van der Waals surface area (Å²) in [6.07, 6.45) is 0.457. The number of hydrogen-bond acceptors (Lipinski definition) is 6. The molecule has 2 aromatic rings. The van der Waals surface area contributed by atoms with E-state index in [0.717, 1.165) is 6.07 Å². The molecule has 0 fully saturated rings. The largest absolute Gasteiger partial charge is 0.492 e. The number of nitrogens with zero attached hydrogens (tertiary/aromatic N) is 1. The summed E-state index contributed by atoms with van der Waals surface area (Å²) in [5, 5.41) is 14.5. The molecule has 0 atom stereocenters. The minimum Gasteiger partial charge on any atom is -0.492 e. The number of hydrogen-bond donors (Lipinski definition) is 3. The van der Waals surface area contributed by atoms with Gasteiger partial charge < -0.3 is 10.1 Å². The van der Waals surface area contributed by atoms with Gasteiger partial charge in [0, 0.05) is 36.3 Å². The first kappa shape index (κ1) is 22.3. The molecular weight excluding hydrogens is 423 g/mol. The molecule has 29 heavy (non-hydrogen) atoms. The lowest BCUT2D eigenvalue weighted by Crippen LogP contribution is -2.41. The molecule has 0 aliphatic rings. The molecule has 0 aromatic heterocycles. The van der Waals surface area contributed by atoms with Gasteiger partial charge in [0.15, 0.2) is 0 Å². The molecule has 154 valence electrons. The predicted octanol–water partition coefficient (Wildman–Crippen LogP) is 3.56. The van der Waals surface area contributed by atoms with Crippen molar-refractivity contribution in [3.63, 3.8) is 0 Å². The number of rotatable bonds is 8. The molecule has 3 N–H and O–H groups in total. The Balaban J connectivity index is 1.81. The molecule has 0 saturated carbocycles. The van der Waals surface area contributed by atoms with Gasteiger partial charge in [-0.2, -0.15) is 0 Å². The number of amides is 2. The highest BCUT2D eigenvalue weighted by molar-refractivity contribution is 6.35. The van der Waals surface area contributed by atoms with Crippen LogP contribution in [0, 0.1) is 10.1 Å². The lowest BCUT2D eigenvalue weighted by molar-refractivity contribution is -0.384. The fraction of sp³-hybridized carbons (Fsp3) is 0.222. The number of nitro benzene ring substituents is 1. The fourth-order valence-corrected chi connectivity index (χ4v) is 2.78. The topological polar surface area (TPSA) is 123 Å². The van der Waals surface area contributed by atoms with E-state index < -0.39 is 16.7 Å². The zero-order valence-electron chi connectivity index (χ0n) is 15.3. The second kappa shape index (κ2) is 10.5. The Bertz CT molecular complexity index is 923. The van der Waals surface area contributed by atoms with Crippen molar-refractivity contribution in [3.05, 3.63) is 62.1 Å². The van der Waals surface area contributed by atoms with Crippen LogP contribution in [-0.4, -0.2) is 30.4 Å². The van der Waals surface area contributed by atoms with Crippen molar-refractivity contribution in [3.8, 4) is 5.75 Å². The van der Waals surface area contributed by atoms with Gasteiger partial charge in [-0.25, -0.2) is 0 Å². The summed E-state index contributed by atoms with van der Waals surface area (Å²) in [5.41, 5.74) is 4.68. The Morgan fingerprint density at radius 2 is 1.90 bits per heavy atom. The van der Waals surface area contributed by atoms with Crippen molar-refractivity contribution in [2.24, 2.45) is 0 Å². The first-order chi connectivity index (χ1) is 13.8. The van der Waals surface area contributed by atoms with Gasteiger partial charge in [-0.1, -0.05) is 23.2 Å². The van der Waals surface area contributed by atoms with E-state index in [1.54, 1.807) is 25.2 Å². The third kappa shape index (κ3) is 6.51. The normalized spacial score (nSPS) is 10.2. The van der Waals surface area contributed by atoms with Crippen LogP contribution in [0.4, 0.5) is 11.4 Å². The average molecular weight is 441 g/mol.